The molecule has 24 heavy (non-hydrogen) atoms. The lowest BCUT2D eigenvalue weighted by atomic mass is 9.95. The summed E-state index contributed by atoms with van der Waals surface area (Å²) in [5, 5.41) is 0.877. The first-order valence-electron chi connectivity index (χ1n) is 7.64. The Morgan fingerprint density at radius 3 is 2.42 bits per heavy atom. The molecule has 1 aliphatic rings. The Morgan fingerprint density at radius 1 is 1.25 bits per heavy atom. The van der Waals surface area contributed by atoms with Crippen molar-refractivity contribution in [3.8, 4) is 0 Å². The number of amides is 1. The van der Waals surface area contributed by atoms with E-state index in [9.17, 15) is 18.0 Å². The van der Waals surface area contributed by atoms with Crippen LogP contribution >= 0.6 is 23.2 Å². The summed E-state index contributed by atoms with van der Waals surface area (Å²) in [5.74, 6) is -0.282. The second-order valence-corrected chi connectivity index (χ2v) is 6.92. The van der Waals surface area contributed by atoms with Crippen LogP contribution in [0.1, 0.15) is 18.4 Å². The Labute approximate surface area is 149 Å². The van der Waals surface area contributed by atoms with Gasteiger partial charge in [-0.15, -0.1) is 0 Å². The molecule has 134 valence electrons. The molecule has 1 aromatic rings. The number of halogens is 5. The Balaban J connectivity index is 1.86. The second-order valence-electron chi connectivity index (χ2n) is 6.11. The van der Waals surface area contributed by atoms with E-state index in [0.717, 1.165) is 5.56 Å². The van der Waals surface area contributed by atoms with E-state index in [-0.39, 0.29) is 24.9 Å². The molecule has 0 atom stereocenters. The van der Waals surface area contributed by atoms with Gasteiger partial charge in [0.2, 0.25) is 5.91 Å². The van der Waals surface area contributed by atoms with E-state index in [1.54, 1.807) is 30.1 Å². The molecule has 0 N–H and O–H groups in total. The minimum Gasteiger partial charge on any atom is -0.341 e. The summed E-state index contributed by atoms with van der Waals surface area (Å²) in [5.41, 5.74) is 0.856. The van der Waals surface area contributed by atoms with Gasteiger partial charge in [-0.25, -0.2) is 0 Å². The van der Waals surface area contributed by atoms with E-state index in [1.165, 1.54) is 4.90 Å². The van der Waals surface area contributed by atoms with E-state index >= 15 is 0 Å². The Hall–Kier alpha value is -0.980. The van der Waals surface area contributed by atoms with Crippen molar-refractivity contribution in [2.24, 2.45) is 5.92 Å². The van der Waals surface area contributed by atoms with Gasteiger partial charge in [-0.3, -0.25) is 9.69 Å². The number of likely N-dealkylation sites (tertiary alicyclic amines) is 1. The van der Waals surface area contributed by atoms with Crippen molar-refractivity contribution in [1.29, 1.82) is 0 Å². The summed E-state index contributed by atoms with van der Waals surface area (Å²) >= 11 is 11.8. The summed E-state index contributed by atoms with van der Waals surface area (Å²) in [7, 11) is 1.69. The third-order valence-electron chi connectivity index (χ3n) is 4.12. The zero-order valence-corrected chi connectivity index (χ0v) is 14.8. The molecule has 0 aliphatic carbocycles. The quantitative estimate of drug-likeness (QED) is 0.777. The lowest BCUT2D eigenvalue weighted by Gasteiger charge is -2.33. The maximum Gasteiger partial charge on any atom is 0.401 e. The maximum atomic E-state index is 12.5. The molecule has 8 heteroatoms. The third kappa shape index (κ3) is 5.53. The highest BCUT2D eigenvalue weighted by Crippen LogP contribution is 2.25. The third-order valence-corrected chi connectivity index (χ3v) is 4.86. The molecule has 1 fully saturated rings. The average Bonchev–Trinajstić information content (AvgIpc) is 2.49. The summed E-state index contributed by atoms with van der Waals surface area (Å²) in [6.07, 6.45) is -3.30. The van der Waals surface area contributed by atoms with E-state index in [2.05, 4.69) is 0 Å². The van der Waals surface area contributed by atoms with Crippen molar-refractivity contribution in [2.45, 2.75) is 25.6 Å². The van der Waals surface area contributed by atoms with Crippen molar-refractivity contribution in [3.05, 3.63) is 33.8 Å². The number of alkyl halides is 3. The zero-order valence-electron chi connectivity index (χ0n) is 13.2. The normalized spacial score (nSPS) is 17.1. The van der Waals surface area contributed by atoms with Crippen LogP contribution < -0.4 is 0 Å². The zero-order chi connectivity index (χ0) is 17.9. The minimum atomic E-state index is -4.19. The highest BCUT2D eigenvalue weighted by atomic mass is 35.5. The molecule has 3 nitrogen and oxygen atoms in total. The maximum absolute atomic E-state index is 12.5. The molecule has 2 rings (SSSR count). The number of carbonyl (C=O) groups is 1. The number of piperidine rings is 1. The molecule has 0 saturated carbocycles. The first kappa shape index (κ1) is 19.3. The summed E-state index contributed by atoms with van der Waals surface area (Å²) < 4.78 is 37.2. The lowest BCUT2D eigenvalue weighted by molar-refractivity contribution is -0.150. The van der Waals surface area contributed by atoms with Crippen molar-refractivity contribution in [3.63, 3.8) is 0 Å². The van der Waals surface area contributed by atoms with Gasteiger partial charge >= 0.3 is 6.18 Å². The molecule has 0 spiro atoms. The molecule has 1 saturated heterocycles. The topological polar surface area (TPSA) is 23.6 Å². The van der Waals surface area contributed by atoms with Crippen LogP contribution in [-0.4, -0.2) is 48.6 Å². The van der Waals surface area contributed by atoms with Gasteiger partial charge in [0, 0.05) is 19.5 Å². The standard InChI is InChI=1S/C16H19Cl2F3N2O/c1-22(9-11-2-3-13(17)14(18)8-11)15(24)12-4-6-23(7-5-12)10-16(19,20)21/h2-3,8,12H,4-7,9-10H2,1H3. The van der Waals surface area contributed by atoms with Crippen LogP contribution in [0.5, 0.6) is 0 Å². The van der Waals surface area contributed by atoms with Gasteiger partial charge in [0.05, 0.1) is 16.6 Å². The van der Waals surface area contributed by atoms with Gasteiger partial charge in [0.25, 0.3) is 0 Å². The van der Waals surface area contributed by atoms with E-state index < -0.39 is 12.7 Å². The fraction of sp³-hybridized carbons (Fsp3) is 0.562. The number of benzene rings is 1. The predicted molar refractivity (Wildman–Crippen MR) is 88.2 cm³/mol. The molecular formula is C16H19Cl2F3N2O. The van der Waals surface area contributed by atoms with Gasteiger partial charge in [-0.1, -0.05) is 29.3 Å². The van der Waals surface area contributed by atoms with Crippen LogP contribution in [0.2, 0.25) is 10.0 Å². The first-order valence-corrected chi connectivity index (χ1v) is 8.39. The molecule has 1 amide bonds. The van der Waals surface area contributed by atoms with Crippen molar-refractivity contribution < 1.29 is 18.0 Å². The fourth-order valence-electron chi connectivity index (χ4n) is 2.89. The Kier molecular flexibility index (Phi) is 6.39. The first-order chi connectivity index (χ1) is 11.2. The number of rotatable bonds is 4. The highest BCUT2D eigenvalue weighted by molar-refractivity contribution is 6.42. The summed E-state index contributed by atoms with van der Waals surface area (Å²) in [6, 6.07) is 5.18. The van der Waals surface area contributed by atoms with Gasteiger partial charge in [0.1, 0.15) is 0 Å². The second kappa shape index (κ2) is 7.93. The number of carbonyl (C=O) groups excluding carboxylic acids is 1. The lowest BCUT2D eigenvalue weighted by Crippen LogP contribution is -2.44. The highest BCUT2D eigenvalue weighted by Gasteiger charge is 2.34. The molecule has 1 aliphatic heterocycles. The van der Waals surface area contributed by atoms with Crippen LogP contribution in [0.4, 0.5) is 13.2 Å². The number of hydrogen-bond donors (Lipinski definition) is 0. The minimum absolute atomic E-state index is 0.0484. The molecular weight excluding hydrogens is 364 g/mol. The number of nitrogens with zero attached hydrogens (tertiary/aromatic N) is 2. The summed E-state index contributed by atoms with van der Waals surface area (Å²) in [4.78, 5) is 15.4. The van der Waals surface area contributed by atoms with Crippen LogP contribution in [0.25, 0.3) is 0 Å². The average molecular weight is 383 g/mol. The smallest absolute Gasteiger partial charge is 0.341 e. The van der Waals surface area contributed by atoms with E-state index in [0.29, 0.717) is 29.4 Å². The van der Waals surface area contributed by atoms with Crippen molar-refractivity contribution in [1.82, 2.24) is 9.80 Å². The molecule has 1 heterocycles. The van der Waals surface area contributed by atoms with E-state index in [4.69, 9.17) is 23.2 Å². The van der Waals surface area contributed by atoms with Crippen LogP contribution in [0.3, 0.4) is 0 Å². The Bertz CT molecular complexity index is 587. The molecule has 0 radical (unpaired) electrons. The van der Waals surface area contributed by atoms with Gasteiger partial charge in [-0.05, 0) is 43.6 Å². The Morgan fingerprint density at radius 2 is 1.88 bits per heavy atom. The van der Waals surface area contributed by atoms with E-state index in [1.807, 2.05) is 0 Å². The summed E-state index contributed by atoms with van der Waals surface area (Å²) in [6.45, 7) is 0.0541. The number of hydrogen-bond acceptors (Lipinski definition) is 2. The van der Waals surface area contributed by atoms with Gasteiger partial charge in [-0.2, -0.15) is 13.2 Å². The monoisotopic (exact) mass is 382 g/mol. The van der Waals surface area contributed by atoms with Crippen molar-refractivity contribution >= 4 is 29.1 Å². The molecule has 0 aromatic heterocycles. The van der Waals surface area contributed by atoms with Crippen LogP contribution in [0, 0.1) is 5.92 Å². The fourth-order valence-corrected chi connectivity index (χ4v) is 3.21. The molecule has 1 aromatic carbocycles. The van der Waals surface area contributed by atoms with Crippen LogP contribution in [-0.2, 0) is 11.3 Å². The largest absolute Gasteiger partial charge is 0.401 e. The van der Waals surface area contributed by atoms with Crippen molar-refractivity contribution in [2.75, 3.05) is 26.7 Å². The SMILES string of the molecule is CN(Cc1ccc(Cl)c(Cl)c1)C(=O)C1CCN(CC(F)(F)F)CC1. The molecule has 0 unspecified atom stereocenters. The predicted octanol–water partition coefficient (Wildman–Crippen LogP) is 4.23. The van der Waals surface area contributed by atoms with Crippen LogP contribution in [0.15, 0.2) is 18.2 Å². The van der Waals surface area contributed by atoms with Gasteiger partial charge in [0.15, 0.2) is 0 Å². The van der Waals surface area contributed by atoms with Gasteiger partial charge < -0.3 is 4.90 Å². The molecule has 0 bridgehead atoms.